The number of benzene rings is 2. The van der Waals surface area contributed by atoms with Gasteiger partial charge in [-0.1, -0.05) is 47.5 Å². The van der Waals surface area contributed by atoms with Gasteiger partial charge in [-0.05, 0) is 37.1 Å². The third kappa shape index (κ3) is 5.22. The first-order valence-corrected chi connectivity index (χ1v) is 12.5. The zero-order valence-corrected chi connectivity index (χ0v) is 19.7. The topological polar surface area (TPSA) is 84.3 Å². The van der Waals surface area contributed by atoms with Crippen LogP contribution in [0, 0.1) is 11.7 Å². The monoisotopic (exact) mass is 510 g/mol. The molecule has 1 aliphatic rings. The molecule has 0 spiro atoms. The van der Waals surface area contributed by atoms with Gasteiger partial charge in [-0.2, -0.15) is 9.40 Å². The fourth-order valence-corrected chi connectivity index (χ4v) is 5.64. The van der Waals surface area contributed by atoms with Crippen LogP contribution in [0.2, 0.25) is 10.0 Å². The number of carbonyl (C=O) groups is 1. The van der Waals surface area contributed by atoms with Crippen molar-refractivity contribution >= 4 is 45.0 Å². The molecule has 4 rings (SSSR count). The highest BCUT2D eigenvalue weighted by molar-refractivity contribution is 7.89. The van der Waals surface area contributed by atoms with Crippen molar-refractivity contribution in [1.29, 1.82) is 0 Å². The predicted molar refractivity (Wildman–Crippen MR) is 124 cm³/mol. The number of nitrogens with one attached hydrogen (secondary N) is 1. The van der Waals surface area contributed by atoms with Gasteiger partial charge in [0, 0.05) is 35.8 Å². The molecule has 2 heterocycles. The summed E-state index contributed by atoms with van der Waals surface area (Å²) in [5.74, 6) is -0.970. The molecule has 1 N–H and O–H groups in total. The van der Waals surface area contributed by atoms with Gasteiger partial charge >= 0.3 is 0 Å². The van der Waals surface area contributed by atoms with E-state index < -0.39 is 15.8 Å². The fourth-order valence-electron chi connectivity index (χ4n) is 3.73. The molecule has 1 fully saturated rings. The molecule has 0 saturated carbocycles. The quantitative estimate of drug-likeness (QED) is 0.531. The SMILES string of the molecule is O=C(Nc1nn(Cc2c(F)cccc2Cl)cc1Cl)C1CCN(S(=O)(=O)c2ccccc2)CC1. The van der Waals surface area contributed by atoms with E-state index >= 15 is 0 Å². The first-order chi connectivity index (χ1) is 15.8. The molecule has 0 aliphatic carbocycles. The van der Waals surface area contributed by atoms with Gasteiger partial charge in [-0.15, -0.1) is 0 Å². The van der Waals surface area contributed by atoms with E-state index in [0.29, 0.717) is 12.8 Å². The Kier molecular flexibility index (Phi) is 7.04. The van der Waals surface area contributed by atoms with Gasteiger partial charge in [-0.25, -0.2) is 12.8 Å². The molecule has 1 saturated heterocycles. The largest absolute Gasteiger partial charge is 0.308 e. The second kappa shape index (κ2) is 9.80. The van der Waals surface area contributed by atoms with Gasteiger partial charge in [0.2, 0.25) is 15.9 Å². The minimum atomic E-state index is -3.59. The maximum absolute atomic E-state index is 14.0. The van der Waals surface area contributed by atoms with E-state index in [1.807, 2.05) is 0 Å². The van der Waals surface area contributed by atoms with E-state index in [1.165, 1.54) is 27.3 Å². The van der Waals surface area contributed by atoms with E-state index in [4.69, 9.17) is 23.2 Å². The summed E-state index contributed by atoms with van der Waals surface area (Å²) in [5.41, 5.74) is 0.267. The van der Waals surface area contributed by atoms with E-state index in [9.17, 15) is 17.6 Å². The lowest BCUT2D eigenvalue weighted by molar-refractivity contribution is -0.120. The minimum absolute atomic E-state index is 0.0524. The van der Waals surface area contributed by atoms with Crippen molar-refractivity contribution in [3.8, 4) is 0 Å². The summed E-state index contributed by atoms with van der Waals surface area (Å²) >= 11 is 12.3. The van der Waals surface area contributed by atoms with Crippen molar-refractivity contribution in [3.63, 3.8) is 0 Å². The Bertz CT molecular complexity index is 1240. The number of aromatic nitrogens is 2. The van der Waals surface area contributed by atoms with Crippen LogP contribution in [0.1, 0.15) is 18.4 Å². The number of sulfonamides is 1. The van der Waals surface area contributed by atoms with Gasteiger partial charge < -0.3 is 5.32 Å². The standard InChI is InChI=1S/C22H21Cl2FN4O3S/c23-18-7-4-8-20(25)17(18)13-28-14-19(24)21(27-28)26-22(30)15-9-11-29(12-10-15)33(31,32)16-5-2-1-3-6-16/h1-8,14-15H,9-13H2,(H,26,27,30). The van der Waals surface area contributed by atoms with Gasteiger partial charge in [0.25, 0.3) is 0 Å². The summed E-state index contributed by atoms with van der Waals surface area (Å²) in [5, 5.41) is 7.42. The van der Waals surface area contributed by atoms with Crippen LogP contribution in [-0.2, 0) is 21.4 Å². The molecule has 1 aliphatic heterocycles. The van der Waals surface area contributed by atoms with Crippen molar-refractivity contribution in [3.05, 3.63) is 76.2 Å². The Morgan fingerprint density at radius 2 is 1.76 bits per heavy atom. The van der Waals surface area contributed by atoms with E-state index in [-0.39, 0.29) is 57.8 Å². The van der Waals surface area contributed by atoms with Crippen LogP contribution in [0.25, 0.3) is 0 Å². The van der Waals surface area contributed by atoms with Gasteiger partial charge in [0.1, 0.15) is 10.8 Å². The molecule has 0 bridgehead atoms. The lowest BCUT2D eigenvalue weighted by Crippen LogP contribution is -2.41. The highest BCUT2D eigenvalue weighted by atomic mass is 35.5. The number of hydrogen-bond acceptors (Lipinski definition) is 4. The molecule has 0 unspecified atom stereocenters. The minimum Gasteiger partial charge on any atom is -0.308 e. The smallest absolute Gasteiger partial charge is 0.243 e. The maximum atomic E-state index is 14.0. The third-order valence-corrected chi connectivity index (χ3v) is 8.09. The van der Waals surface area contributed by atoms with E-state index in [0.717, 1.165) is 0 Å². The van der Waals surface area contributed by atoms with Crippen molar-refractivity contribution in [2.24, 2.45) is 5.92 Å². The Balaban J connectivity index is 1.38. The molecule has 1 amide bonds. The van der Waals surface area contributed by atoms with Crippen LogP contribution in [0.3, 0.4) is 0 Å². The van der Waals surface area contributed by atoms with Crippen molar-refractivity contribution in [1.82, 2.24) is 14.1 Å². The summed E-state index contributed by atoms with van der Waals surface area (Å²) < 4.78 is 42.4. The first-order valence-electron chi connectivity index (χ1n) is 10.3. The van der Waals surface area contributed by atoms with Crippen molar-refractivity contribution in [2.75, 3.05) is 18.4 Å². The Labute approximate surface area is 201 Å². The molecule has 11 heteroatoms. The van der Waals surface area contributed by atoms with Gasteiger partial charge in [0.15, 0.2) is 5.82 Å². The summed E-state index contributed by atoms with van der Waals surface area (Å²) in [6, 6.07) is 12.6. The van der Waals surface area contributed by atoms with Gasteiger partial charge in [0.05, 0.1) is 11.4 Å². The number of hydrogen-bond donors (Lipinski definition) is 1. The predicted octanol–water partition coefficient (Wildman–Crippen LogP) is 4.42. The number of nitrogens with zero attached hydrogens (tertiary/aromatic N) is 3. The third-order valence-electron chi connectivity index (χ3n) is 5.55. The Hall–Kier alpha value is -2.46. The van der Waals surface area contributed by atoms with E-state index in [2.05, 4.69) is 10.4 Å². The molecule has 174 valence electrons. The molecule has 7 nitrogen and oxygen atoms in total. The van der Waals surface area contributed by atoms with Crippen LogP contribution in [0.15, 0.2) is 59.6 Å². The Morgan fingerprint density at radius 3 is 2.42 bits per heavy atom. The molecule has 0 radical (unpaired) electrons. The van der Waals surface area contributed by atoms with Crippen molar-refractivity contribution < 1.29 is 17.6 Å². The normalized spacial score (nSPS) is 15.5. The highest BCUT2D eigenvalue weighted by Gasteiger charge is 2.32. The maximum Gasteiger partial charge on any atom is 0.243 e. The zero-order valence-electron chi connectivity index (χ0n) is 17.4. The molecule has 0 atom stereocenters. The molecule has 2 aromatic carbocycles. The summed E-state index contributed by atoms with van der Waals surface area (Å²) in [4.78, 5) is 13.0. The molecule has 3 aromatic rings. The number of halogens is 3. The number of rotatable bonds is 6. The van der Waals surface area contributed by atoms with Crippen LogP contribution in [-0.4, -0.2) is 41.5 Å². The van der Waals surface area contributed by atoms with Crippen LogP contribution in [0.5, 0.6) is 0 Å². The molecule has 33 heavy (non-hydrogen) atoms. The number of amides is 1. The first kappa shape index (κ1) is 23.7. The number of anilines is 1. The second-order valence-electron chi connectivity index (χ2n) is 7.70. The average Bonchev–Trinajstić information content (AvgIpc) is 3.15. The fraction of sp³-hybridized carbons (Fsp3) is 0.273. The highest BCUT2D eigenvalue weighted by Crippen LogP contribution is 2.27. The van der Waals surface area contributed by atoms with Gasteiger partial charge in [-0.3, -0.25) is 9.48 Å². The van der Waals surface area contributed by atoms with Crippen LogP contribution < -0.4 is 5.32 Å². The number of carbonyl (C=O) groups excluding carboxylic acids is 1. The molecule has 1 aromatic heterocycles. The molecular formula is C22H21Cl2FN4O3S. The van der Waals surface area contributed by atoms with Crippen molar-refractivity contribution in [2.45, 2.75) is 24.3 Å². The average molecular weight is 511 g/mol. The summed E-state index contributed by atoms with van der Waals surface area (Å²) in [6.45, 7) is 0.531. The zero-order chi connectivity index (χ0) is 23.6. The summed E-state index contributed by atoms with van der Waals surface area (Å²) in [7, 11) is -3.59. The van der Waals surface area contributed by atoms with E-state index in [1.54, 1.807) is 36.4 Å². The lowest BCUT2D eigenvalue weighted by atomic mass is 9.97. The van der Waals surface area contributed by atoms with Crippen LogP contribution >= 0.6 is 23.2 Å². The van der Waals surface area contributed by atoms with Crippen LogP contribution in [0.4, 0.5) is 10.2 Å². The Morgan fingerprint density at radius 1 is 1.06 bits per heavy atom. The number of piperidine rings is 1. The molecular weight excluding hydrogens is 490 g/mol. The second-order valence-corrected chi connectivity index (χ2v) is 10.5. The summed E-state index contributed by atoms with van der Waals surface area (Å²) in [6.07, 6.45) is 2.23. The lowest BCUT2D eigenvalue weighted by Gasteiger charge is -2.30.